The SMILES string of the molecule is Cc1cc(OC2CN(C(=O)CNC(=O)OCc3ccccc3)C2)cc(=O)n1C1CC1. The molecule has 1 saturated heterocycles. The first-order chi connectivity index (χ1) is 14.5. The van der Waals surface area contributed by atoms with Crippen LogP contribution in [0, 0.1) is 6.92 Å². The minimum absolute atomic E-state index is 0.0435. The number of carbonyl (C=O) groups is 2. The van der Waals surface area contributed by atoms with Gasteiger partial charge in [0.1, 0.15) is 25.0 Å². The minimum Gasteiger partial charge on any atom is -0.486 e. The highest BCUT2D eigenvalue weighted by Crippen LogP contribution is 2.35. The van der Waals surface area contributed by atoms with Gasteiger partial charge in [0, 0.05) is 17.8 Å². The first kappa shape index (κ1) is 20.0. The predicted molar refractivity (Wildman–Crippen MR) is 109 cm³/mol. The van der Waals surface area contributed by atoms with E-state index in [1.54, 1.807) is 4.90 Å². The molecule has 158 valence electrons. The smallest absolute Gasteiger partial charge is 0.407 e. The molecule has 2 amide bonds. The average Bonchev–Trinajstić information content (AvgIpc) is 3.52. The molecule has 0 spiro atoms. The Morgan fingerprint density at radius 1 is 1.13 bits per heavy atom. The quantitative estimate of drug-likeness (QED) is 0.753. The number of likely N-dealkylation sites (tertiary alicyclic amines) is 1. The number of carbonyl (C=O) groups excluding carboxylic acids is 2. The van der Waals surface area contributed by atoms with Crippen LogP contribution in [-0.2, 0) is 16.1 Å². The van der Waals surface area contributed by atoms with Gasteiger partial charge >= 0.3 is 6.09 Å². The van der Waals surface area contributed by atoms with Gasteiger partial charge in [-0.25, -0.2) is 4.79 Å². The van der Waals surface area contributed by atoms with Gasteiger partial charge in [-0.05, 0) is 31.4 Å². The summed E-state index contributed by atoms with van der Waals surface area (Å²) in [5, 5.41) is 2.47. The van der Waals surface area contributed by atoms with Crippen molar-refractivity contribution in [1.29, 1.82) is 0 Å². The van der Waals surface area contributed by atoms with Crippen molar-refractivity contribution in [2.24, 2.45) is 0 Å². The molecule has 2 aromatic rings. The number of alkyl carbamates (subject to hydrolysis) is 1. The molecule has 0 bridgehead atoms. The highest BCUT2D eigenvalue weighted by Gasteiger charge is 2.33. The third kappa shape index (κ3) is 4.82. The number of benzene rings is 1. The number of aryl methyl sites for hydroxylation is 1. The van der Waals surface area contributed by atoms with Crippen molar-refractivity contribution >= 4 is 12.0 Å². The fraction of sp³-hybridized carbons (Fsp3) is 0.409. The second-order valence-corrected chi connectivity index (χ2v) is 7.73. The van der Waals surface area contributed by atoms with E-state index in [9.17, 15) is 14.4 Å². The summed E-state index contributed by atoms with van der Waals surface area (Å²) in [5.74, 6) is 0.334. The Bertz CT molecular complexity index is 978. The van der Waals surface area contributed by atoms with Crippen molar-refractivity contribution in [2.75, 3.05) is 19.6 Å². The number of pyridine rings is 1. The molecule has 8 heteroatoms. The fourth-order valence-electron chi connectivity index (χ4n) is 3.49. The van der Waals surface area contributed by atoms with Crippen LogP contribution in [0.25, 0.3) is 0 Å². The summed E-state index contributed by atoms with van der Waals surface area (Å²) < 4.78 is 12.7. The van der Waals surface area contributed by atoms with Crippen molar-refractivity contribution in [1.82, 2.24) is 14.8 Å². The first-order valence-corrected chi connectivity index (χ1v) is 10.1. The van der Waals surface area contributed by atoms with Gasteiger partial charge in [-0.15, -0.1) is 0 Å². The van der Waals surface area contributed by atoms with E-state index in [0.717, 1.165) is 24.1 Å². The molecule has 2 aliphatic rings. The van der Waals surface area contributed by atoms with Crippen molar-refractivity contribution < 1.29 is 19.1 Å². The number of hydrogen-bond donors (Lipinski definition) is 1. The largest absolute Gasteiger partial charge is 0.486 e. The van der Waals surface area contributed by atoms with E-state index >= 15 is 0 Å². The van der Waals surface area contributed by atoms with Crippen LogP contribution in [0.3, 0.4) is 0 Å². The van der Waals surface area contributed by atoms with Gasteiger partial charge in [0.25, 0.3) is 5.56 Å². The van der Waals surface area contributed by atoms with Gasteiger partial charge in [0.2, 0.25) is 5.91 Å². The number of hydrogen-bond acceptors (Lipinski definition) is 5. The van der Waals surface area contributed by atoms with Crippen LogP contribution < -0.4 is 15.6 Å². The molecule has 2 fully saturated rings. The van der Waals surface area contributed by atoms with Crippen LogP contribution >= 0.6 is 0 Å². The minimum atomic E-state index is -0.632. The van der Waals surface area contributed by atoms with Crippen LogP contribution in [0.1, 0.15) is 30.1 Å². The maximum Gasteiger partial charge on any atom is 0.407 e. The molecule has 2 heterocycles. The first-order valence-electron chi connectivity index (χ1n) is 10.1. The van der Waals surface area contributed by atoms with Gasteiger partial charge in [-0.3, -0.25) is 9.59 Å². The maximum absolute atomic E-state index is 12.3. The normalized spacial score (nSPS) is 16.0. The molecule has 1 aliphatic heterocycles. The molecule has 30 heavy (non-hydrogen) atoms. The Balaban J connectivity index is 1.17. The number of aromatic nitrogens is 1. The van der Waals surface area contributed by atoms with Crippen molar-refractivity contribution in [3.05, 3.63) is 64.1 Å². The summed E-state index contributed by atoms with van der Waals surface area (Å²) in [6, 6.07) is 13.0. The molecular formula is C22H25N3O5. The Labute approximate surface area is 174 Å². The number of amides is 2. The van der Waals surface area contributed by atoms with Crippen LogP contribution in [0.15, 0.2) is 47.3 Å². The average molecular weight is 411 g/mol. The summed E-state index contributed by atoms with van der Waals surface area (Å²) in [7, 11) is 0. The maximum atomic E-state index is 12.3. The number of nitrogens with one attached hydrogen (secondary N) is 1. The van der Waals surface area contributed by atoms with Gasteiger partial charge in [-0.2, -0.15) is 0 Å². The van der Waals surface area contributed by atoms with E-state index in [-0.39, 0.29) is 30.7 Å². The van der Waals surface area contributed by atoms with Gasteiger partial charge in [0.15, 0.2) is 0 Å². The fourth-order valence-corrected chi connectivity index (χ4v) is 3.49. The van der Waals surface area contributed by atoms with E-state index in [4.69, 9.17) is 9.47 Å². The molecule has 1 aliphatic carbocycles. The van der Waals surface area contributed by atoms with E-state index in [1.165, 1.54) is 6.07 Å². The molecule has 1 aromatic carbocycles. The second-order valence-electron chi connectivity index (χ2n) is 7.73. The monoisotopic (exact) mass is 411 g/mol. The number of ether oxygens (including phenoxy) is 2. The molecular weight excluding hydrogens is 386 g/mol. The topological polar surface area (TPSA) is 89.9 Å². The van der Waals surface area contributed by atoms with E-state index in [2.05, 4.69) is 5.32 Å². The molecule has 0 unspecified atom stereocenters. The van der Waals surface area contributed by atoms with Crippen molar-refractivity contribution in [2.45, 2.75) is 38.5 Å². The molecule has 0 radical (unpaired) electrons. The zero-order valence-electron chi connectivity index (χ0n) is 16.9. The number of rotatable bonds is 7. The molecule has 4 rings (SSSR count). The molecule has 1 saturated carbocycles. The van der Waals surface area contributed by atoms with Crippen LogP contribution in [0.5, 0.6) is 5.75 Å². The van der Waals surface area contributed by atoms with Crippen molar-refractivity contribution in [3.8, 4) is 5.75 Å². The zero-order chi connectivity index (χ0) is 21.1. The molecule has 0 atom stereocenters. The lowest BCUT2D eigenvalue weighted by Crippen LogP contribution is -2.58. The summed E-state index contributed by atoms with van der Waals surface area (Å²) in [4.78, 5) is 37.8. The summed E-state index contributed by atoms with van der Waals surface area (Å²) in [5.41, 5.74) is 1.73. The van der Waals surface area contributed by atoms with E-state index in [1.807, 2.05) is 47.9 Å². The third-order valence-corrected chi connectivity index (χ3v) is 5.25. The Morgan fingerprint density at radius 2 is 1.87 bits per heavy atom. The highest BCUT2D eigenvalue weighted by atomic mass is 16.5. The van der Waals surface area contributed by atoms with Gasteiger partial charge in [0.05, 0.1) is 13.1 Å². The molecule has 1 N–H and O–H groups in total. The van der Waals surface area contributed by atoms with Crippen LogP contribution in [0.4, 0.5) is 4.79 Å². The summed E-state index contributed by atoms with van der Waals surface area (Å²) in [6.45, 7) is 2.77. The highest BCUT2D eigenvalue weighted by molar-refractivity contribution is 5.82. The predicted octanol–water partition coefficient (Wildman–Crippen LogP) is 2.01. The van der Waals surface area contributed by atoms with E-state index in [0.29, 0.717) is 24.9 Å². The molecule has 1 aromatic heterocycles. The summed E-state index contributed by atoms with van der Waals surface area (Å²) in [6.07, 6.45) is 1.31. The second kappa shape index (κ2) is 8.61. The Hall–Kier alpha value is -3.29. The van der Waals surface area contributed by atoms with E-state index < -0.39 is 6.09 Å². The van der Waals surface area contributed by atoms with Crippen LogP contribution in [0.2, 0.25) is 0 Å². The molecule has 8 nitrogen and oxygen atoms in total. The van der Waals surface area contributed by atoms with Crippen molar-refractivity contribution in [3.63, 3.8) is 0 Å². The standard InChI is InChI=1S/C22H25N3O5/c1-15-9-18(10-20(26)25(15)17-7-8-17)30-19-12-24(13-19)21(27)11-23-22(28)29-14-16-5-3-2-4-6-16/h2-6,9-10,17,19H,7-8,11-14H2,1H3,(H,23,28). The zero-order valence-corrected chi connectivity index (χ0v) is 16.9. The Kier molecular flexibility index (Phi) is 5.74. The summed E-state index contributed by atoms with van der Waals surface area (Å²) >= 11 is 0. The third-order valence-electron chi connectivity index (χ3n) is 5.25. The van der Waals surface area contributed by atoms with Gasteiger partial charge in [-0.1, -0.05) is 30.3 Å². The lowest BCUT2D eigenvalue weighted by molar-refractivity contribution is -0.138. The lowest BCUT2D eigenvalue weighted by atomic mass is 10.1. The number of nitrogens with zero attached hydrogens (tertiary/aromatic N) is 2. The lowest BCUT2D eigenvalue weighted by Gasteiger charge is -2.39. The van der Waals surface area contributed by atoms with Crippen LogP contribution in [-0.4, -0.2) is 47.2 Å². The van der Waals surface area contributed by atoms with Gasteiger partial charge < -0.3 is 24.3 Å². The Morgan fingerprint density at radius 3 is 2.53 bits per heavy atom.